The van der Waals surface area contributed by atoms with Crippen LogP contribution in [0.25, 0.3) is 0 Å². The maximum Gasteiger partial charge on any atom is 0.275 e. The topological polar surface area (TPSA) is 43.1 Å². The standard InChI is InChI=1S/C9H8FNO2/c1-2-4-7-8(10)5-3-6-9(7)11(12)13/h2-3,5-6H,1,4H2. The molecule has 0 fully saturated rings. The maximum absolute atomic E-state index is 13.0. The molecular formula is C9H8FNO2. The van der Waals surface area contributed by atoms with Crippen LogP contribution in [0.15, 0.2) is 30.9 Å². The van der Waals surface area contributed by atoms with E-state index in [0.29, 0.717) is 0 Å². The number of benzene rings is 1. The molecule has 1 aromatic carbocycles. The number of halogens is 1. The molecule has 0 saturated carbocycles. The van der Waals surface area contributed by atoms with Crippen molar-refractivity contribution < 1.29 is 9.31 Å². The van der Waals surface area contributed by atoms with Gasteiger partial charge in [0.1, 0.15) is 5.82 Å². The summed E-state index contributed by atoms with van der Waals surface area (Å²) in [6, 6.07) is 3.80. The summed E-state index contributed by atoms with van der Waals surface area (Å²) >= 11 is 0. The second-order valence-corrected chi connectivity index (χ2v) is 2.49. The zero-order valence-corrected chi connectivity index (χ0v) is 6.87. The number of rotatable bonds is 3. The number of hydrogen-bond donors (Lipinski definition) is 0. The lowest BCUT2D eigenvalue weighted by molar-refractivity contribution is -0.385. The van der Waals surface area contributed by atoms with Gasteiger partial charge >= 0.3 is 0 Å². The SMILES string of the molecule is C=CCc1c(F)cccc1[N+](=O)[O-]. The summed E-state index contributed by atoms with van der Waals surface area (Å²) < 4.78 is 13.0. The van der Waals surface area contributed by atoms with Crippen molar-refractivity contribution in [2.45, 2.75) is 6.42 Å². The van der Waals surface area contributed by atoms with Gasteiger partial charge in [-0.05, 0) is 12.5 Å². The van der Waals surface area contributed by atoms with Gasteiger partial charge < -0.3 is 0 Å². The van der Waals surface area contributed by atoms with Crippen LogP contribution in [0.3, 0.4) is 0 Å². The van der Waals surface area contributed by atoms with Crippen molar-refractivity contribution in [3.8, 4) is 0 Å². The molecule has 0 spiro atoms. The van der Waals surface area contributed by atoms with Crippen LogP contribution in [-0.2, 0) is 6.42 Å². The molecule has 1 aromatic rings. The first kappa shape index (κ1) is 9.38. The van der Waals surface area contributed by atoms with Crippen LogP contribution in [0.1, 0.15) is 5.56 Å². The van der Waals surface area contributed by atoms with Crippen molar-refractivity contribution >= 4 is 5.69 Å². The quantitative estimate of drug-likeness (QED) is 0.408. The van der Waals surface area contributed by atoms with Gasteiger partial charge in [0.2, 0.25) is 0 Å². The summed E-state index contributed by atoms with van der Waals surface area (Å²) in [7, 11) is 0. The van der Waals surface area contributed by atoms with Gasteiger partial charge in [0.15, 0.2) is 0 Å². The van der Waals surface area contributed by atoms with Gasteiger partial charge in [-0.15, -0.1) is 6.58 Å². The van der Waals surface area contributed by atoms with Crippen molar-refractivity contribution in [3.63, 3.8) is 0 Å². The smallest absolute Gasteiger partial charge is 0.258 e. The minimum atomic E-state index is -0.595. The summed E-state index contributed by atoms with van der Waals surface area (Å²) in [5.74, 6) is -0.561. The number of nitro groups is 1. The highest BCUT2D eigenvalue weighted by Gasteiger charge is 2.15. The summed E-state index contributed by atoms with van der Waals surface area (Å²) in [4.78, 5) is 9.86. The fourth-order valence-electron chi connectivity index (χ4n) is 1.06. The third-order valence-corrected chi connectivity index (χ3v) is 1.64. The molecule has 13 heavy (non-hydrogen) atoms. The van der Waals surface area contributed by atoms with Gasteiger partial charge in [-0.25, -0.2) is 4.39 Å². The summed E-state index contributed by atoms with van der Waals surface area (Å²) in [5.41, 5.74) is -0.109. The Bertz CT molecular complexity index is 349. The summed E-state index contributed by atoms with van der Waals surface area (Å²) in [6.45, 7) is 3.41. The first-order valence-corrected chi connectivity index (χ1v) is 3.69. The third-order valence-electron chi connectivity index (χ3n) is 1.64. The molecule has 0 radical (unpaired) electrons. The summed E-state index contributed by atoms with van der Waals surface area (Å²) in [6.07, 6.45) is 1.61. The third kappa shape index (κ3) is 1.90. The van der Waals surface area contributed by atoms with Crippen LogP contribution >= 0.6 is 0 Å². The molecule has 0 saturated heterocycles. The van der Waals surface area contributed by atoms with Gasteiger partial charge in [-0.1, -0.05) is 12.1 Å². The Kier molecular flexibility index (Phi) is 2.74. The van der Waals surface area contributed by atoms with Crippen molar-refractivity contribution in [1.29, 1.82) is 0 Å². The number of nitro benzene ring substituents is 1. The first-order chi connectivity index (χ1) is 6.16. The molecule has 0 aliphatic rings. The average molecular weight is 181 g/mol. The molecule has 0 N–H and O–H groups in total. The highest BCUT2D eigenvalue weighted by Crippen LogP contribution is 2.21. The van der Waals surface area contributed by atoms with Crippen LogP contribution < -0.4 is 0 Å². The normalized spacial score (nSPS) is 9.62. The van der Waals surface area contributed by atoms with Gasteiger partial charge in [0.05, 0.1) is 10.5 Å². The van der Waals surface area contributed by atoms with E-state index in [1.165, 1.54) is 24.3 Å². The molecule has 0 heterocycles. The Morgan fingerprint density at radius 1 is 1.62 bits per heavy atom. The fraction of sp³-hybridized carbons (Fsp3) is 0.111. The van der Waals surface area contributed by atoms with Crippen molar-refractivity contribution in [1.82, 2.24) is 0 Å². The Hall–Kier alpha value is -1.71. The largest absolute Gasteiger partial charge is 0.275 e. The zero-order valence-electron chi connectivity index (χ0n) is 6.87. The van der Waals surface area contributed by atoms with Crippen LogP contribution in [-0.4, -0.2) is 4.92 Å². The molecule has 0 unspecified atom stereocenters. The van der Waals surface area contributed by atoms with Crippen molar-refractivity contribution in [2.75, 3.05) is 0 Å². The number of nitrogens with zero attached hydrogens (tertiary/aromatic N) is 1. The number of hydrogen-bond acceptors (Lipinski definition) is 2. The molecule has 0 aromatic heterocycles. The van der Waals surface area contributed by atoms with Gasteiger partial charge in [0.25, 0.3) is 5.69 Å². The zero-order chi connectivity index (χ0) is 9.84. The highest BCUT2D eigenvalue weighted by atomic mass is 19.1. The second-order valence-electron chi connectivity index (χ2n) is 2.49. The number of allylic oxidation sites excluding steroid dienone is 1. The van der Waals surface area contributed by atoms with Gasteiger partial charge in [0, 0.05) is 6.07 Å². The molecule has 68 valence electrons. The molecule has 0 atom stereocenters. The molecule has 4 heteroatoms. The highest BCUT2D eigenvalue weighted by molar-refractivity contribution is 5.41. The van der Waals surface area contributed by atoms with E-state index in [-0.39, 0.29) is 17.7 Å². The summed E-state index contributed by atoms with van der Waals surface area (Å²) in [5, 5.41) is 10.5. The Morgan fingerprint density at radius 2 is 2.31 bits per heavy atom. The van der Waals surface area contributed by atoms with E-state index >= 15 is 0 Å². The van der Waals surface area contributed by atoms with Crippen LogP contribution in [0.4, 0.5) is 10.1 Å². The second kappa shape index (κ2) is 3.80. The molecule has 0 amide bonds. The van der Waals surface area contributed by atoms with Crippen LogP contribution in [0.5, 0.6) is 0 Å². The first-order valence-electron chi connectivity index (χ1n) is 3.69. The van der Waals surface area contributed by atoms with E-state index in [2.05, 4.69) is 6.58 Å². The molecular weight excluding hydrogens is 173 g/mol. The van der Waals surface area contributed by atoms with E-state index in [4.69, 9.17) is 0 Å². The lowest BCUT2D eigenvalue weighted by Gasteiger charge is -2.00. The molecule has 0 bridgehead atoms. The van der Waals surface area contributed by atoms with E-state index in [1.807, 2.05) is 0 Å². The molecule has 0 aliphatic heterocycles. The van der Waals surface area contributed by atoms with Crippen LogP contribution in [0.2, 0.25) is 0 Å². The lowest BCUT2D eigenvalue weighted by atomic mass is 10.1. The van der Waals surface area contributed by atoms with E-state index in [1.54, 1.807) is 0 Å². The minimum absolute atomic E-state index is 0.0856. The Morgan fingerprint density at radius 3 is 2.85 bits per heavy atom. The van der Waals surface area contributed by atoms with E-state index in [0.717, 1.165) is 0 Å². The predicted molar refractivity (Wildman–Crippen MR) is 47.0 cm³/mol. The van der Waals surface area contributed by atoms with Gasteiger partial charge in [-0.2, -0.15) is 0 Å². The van der Waals surface area contributed by atoms with Crippen molar-refractivity contribution in [3.05, 3.63) is 52.3 Å². The molecule has 0 aliphatic carbocycles. The van der Waals surface area contributed by atoms with Crippen molar-refractivity contribution in [2.24, 2.45) is 0 Å². The fourth-order valence-corrected chi connectivity index (χ4v) is 1.06. The molecule has 1 rings (SSSR count). The minimum Gasteiger partial charge on any atom is -0.258 e. The molecule has 3 nitrogen and oxygen atoms in total. The predicted octanol–water partition coefficient (Wildman–Crippen LogP) is 2.46. The van der Waals surface area contributed by atoms with Crippen LogP contribution in [0, 0.1) is 15.9 Å². The Balaban J connectivity index is 3.24. The lowest BCUT2D eigenvalue weighted by Crippen LogP contribution is -1.97. The Labute approximate surface area is 74.7 Å². The van der Waals surface area contributed by atoms with E-state index < -0.39 is 10.7 Å². The maximum atomic E-state index is 13.0. The average Bonchev–Trinajstić information content (AvgIpc) is 2.08. The monoisotopic (exact) mass is 181 g/mol. The van der Waals surface area contributed by atoms with Gasteiger partial charge in [-0.3, -0.25) is 10.1 Å². The van der Waals surface area contributed by atoms with E-state index in [9.17, 15) is 14.5 Å².